The van der Waals surface area contributed by atoms with Crippen LogP contribution in [0.2, 0.25) is 0 Å². The molecule has 2 atom stereocenters. The smallest absolute Gasteiger partial charge is 0.332 e. The maximum absolute atomic E-state index is 11.6. The predicted octanol–water partition coefficient (Wildman–Crippen LogP) is -1.06. The monoisotopic (exact) mass is 230 g/mol. The summed E-state index contributed by atoms with van der Waals surface area (Å²) in [5.74, 6) is -1.35. The highest BCUT2D eigenvalue weighted by atomic mass is 16.4. The summed E-state index contributed by atoms with van der Waals surface area (Å²) in [5.41, 5.74) is 0. The Labute approximate surface area is 94.0 Å². The average molecular weight is 230 g/mol. The first kappa shape index (κ1) is 12.9. The van der Waals surface area contributed by atoms with Crippen LogP contribution in [-0.4, -0.2) is 47.8 Å². The number of carboxylic acid groups (broad SMARTS) is 1. The maximum atomic E-state index is 11.6. The molecule has 0 aromatic heterocycles. The highest BCUT2D eigenvalue weighted by Gasteiger charge is 2.21. The van der Waals surface area contributed by atoms with E-state index in [9.17, 15) is 9.59 Å². The number of hydrogen-bond donors (Lipinski definition) is 4. The van der Waals surface area contributed by atoms with Crippen molar-refractivity contribution in [2.45, 2.75) is 25.4 Å². The Bertz CT molecular complexity index is 251. The second kappa shape index (κ2) is 6.44. The Kier molecular flexibility index (Phi) is 5.21. The van der Waals surface area contributed by atoms with Crippen LogP contribution in [0.25, 0.3) is 0 Å². The van der Waals surface area contributed by atoms with Crippen molar-refractivity contribution >= 4 is 11.9 Å². The van der Waals surface area contributed by atoms with Crippen LogP contribution in [0.4, 0.5) is 0 Å². The maximum Gasteiger partial charge on any atom is 0.332 e. The average Bonchev–Trinajstić information content (AvgIpc) is 2.29. The highest BCUT2D eigenvalue weighted by Crippen LogP contribution is 2.09. The summed E-state index contributed by atoms with van der Waals surface area (Å²) in [4.78, 5) is 21.9. The number of piperidine rings is 1. The molecular weight excluding hydrogens is 212 g/mol. The number of hydrogen-bond acceptors (Lipinski definition) is 4. The molecule has 92 valence electrons. The molecule has 0 spiro atoms. The number of carbonyl (C=O) groups is 2. The van der Waals surface area contributed by atoms with E-state index in [0.29, 0.717) is 6.54 Å². The van der Waals surface area contributed by atoms with Crippen molar-refractivity contribution in [1.29, 1.82) is 0 Å². The highest BCUT2D eigenvalue weighted by molar-refractivity contribution is 5.79. The second-order valence-corrected chi connectivity index (χ2v) is 3.98. The van der Waals surface area contributed by atoms with Gasteiger partial charge in [-0.05, 0) is 19.4 Å². The molecule has 1 saturated heterocycles. The van der Waals surface area contributed by atoms with Gasteiger partial charge in [-0.2, -0.15) is 0 Å². The van der Waals surface area contributed by atoms with Gasteiger partial charge in [0, 0.05) is 19.5 Å². The van der Waals surface area contributed by atoms with Gasteiger partial charge in [-0.15, -0.1) is 0 Å². The number of carboxylic acids is 1. The Hall–Kier alpha value is -1.14. The normalized spacial score (nSPS) is 22.4. The van der Waals surface area contributed by atoms with Gasteiger partial charge in [0.15, 0.2) is 6.10 Å². The lowest BCUT2D eigenvalue weighted by Crippen LogP contribution is -2.41. The summed E-state index contributed by atoms with van der Waals surface area (Å²) in [7, 11) is 0. The molecule has 1 amide bonds. The number of aliphatic hydroxyl groups is 1. The fourth-order valence-corrected chi connectivity index (χ4v) is 1.68. The first-order valence-electron chi connectivity index (χ1n) is 5.50. The van der Waals surface area contributed by atoms with Crippen molar-refractivity contribution < 1.29 is 19.8 Å². The van der Waals surface area contributed by atoms with Crippen molar-refractivity contribution in [2.24, 2.45) is 5.92 Å². The van der Waals surface area contributed by atoms with Crippen molar-refractivity contribution in [3.05, 3.63) is 0 Å². The molecule has 1 unspecified atom stereocenters. The molecule has 16 heavy (non-hydrogen) atoms. The predicted molar refractivity (Wildman–Crippen MR) is 56.9 cm³/mol. The quantitative estimate of drug-likeness (QED) is 0.482. The number of amides is 1. The largest absolute Gasteiger partial charge is 0.479 e. The molecule has 6 nitrogen and oxygen atoms in total. The summed E-state index contributed by atoms with van der Waals surface area (Å²) in [6, 6.07) is 0. The van der Waals surface area contributed by atoms with E-state index < -0.39 is 12.1 Å². The number of carbonyl (C=O) groups excluding carboxylic acids is 1. The van der Waals surface area contributed by atoms with Gasteiger partial charge in [-0.1, -0.05) is 0 Å². The first-order chi connectivity index (χ1) is 7.61. The van der Waals surface area contributed by atoms with Crippen molar-refractivity contribution in [1.82, 2.24) is 10.6 Å². The van der Waals surface area contributed by atoms with Crippen molar-refractivity contribution in [2.75, 3.05) is 19.6 Å². The minimum Gasteiger partial charge on any atom is -0.479 e. The summed E-state index contributed by atoms with van der Waals surface area (Å²) >= 11 is 0. The van der Waals surface area contributed by atoms with Gasteiger partial charge in [-0.3, -0.25) is 4.79 Å². The fourth-order valence-electron chi connectivity index (χ4n) is 1.68. The number of nitrogens with one attached hydrogen (secondary N) is 2. The molecule has 0 saturated carbocycles. The summed E-state index contributed by atoms with van der Waals surface area (Å²) in [5, 5.41) is 23.2. The molecule has 1 fully saturated rings. The van der Waals surface area contributed by atoms with Crippen molar-refractivity contribution in [3.8, 4) is 0 Å². The van der Waals surface area contributed by atoms with E-state index in [4.69, 9.17) is 10.2 Å². The van der Waals surface area contributed by atoms with E-state index in [1.165, 1.54) is 0 Å². The molecule has 0 radical (unpaired) electrons. The first-order valence-corrected chi connectivity index (χ1v) is 5.50. The Morgan fingerprint density at radius 3 is 2.81 bits per heavy atom. The third kappa shape index (κ3) is 4.16. The molecule has 0 aliphatic carbocycles. The van der Waals surface area contributed by atoms with Gasteiger partial charge in [0.05, 0.1) is 5.92 Å². The lowest BCUT2D eigenvalue weighted by Gasteiger charge is -2.21. The zero-order valence-electron chi connectivity index (χ0n) is 9.11. The molecular formula is C10H18N2O4. The molecule has 0 aromatic carbocycles. The zero-order chi connectivity index (χ0) is 12.0. The topological polar surface area (TPSA) is 98.7 Å². The second-order valence-electron chi connectivity index (χ2n) is 3.98. The van der Waals surface area contributed by atoms with Crippen LogP contribution < -0.4 is 10.6 Å². The van der Waals surface area contributed by atoms with E-state index in [0.717, 1.165) is 19.4 Å². The number of aliphatic carboxylic acids is 1. The molecule has 1 aliphatic rings. The summed E-state index contributed by atoms with van der Waals surface area (Å²) in [6.07, 6.45) is 0.488. The Morgan fingerprint density at radius 1 is 1.50 bits per heavy atom. The van der Waals surface area contributed by atoms with Gasteiger partial charge in [-0.25, -0.2) is 4.79 Å². The van der Waals surface area contributed by atoms with Crippen LogP contribution in [0, 0.1) is 5.92 Å². The van der Waals surface area contributed by atoms with Gasteiger partial charge in [0.25, 0.3) is 0 Å². The third-order valence-electron chi connectivity index (χ3n) is 2.67. The van der Waals surface area contributed by atoms with Crippen LogP contribution in [0.3, 0.4) is 0 Å². The van der Waals surface area contributed by atoms with E-state index in [1.807, 2.05) is 0 Å². The van der Waals surface area contributed by atoms with Gasteiger partial charge in [0.1, 0.15) is 0 Å². The zero-order valence-corrected chi connectivity index (χ0v) is 9.11. The fraction of sp³-hybridized carbons (Fsp3) is 0.800. The summed E-state index contributed by atoms with van der Waals surface area (Å²) < 4.78 is 0. The lowest BCUT2D eigenvalue weighted by atomic mass is 9.99. The van der Waals surface area contributed by atoms with E-state index in [1.54, 1.807) is 0 Å². The van der Waals surface area contributed by atoms with E-state index >= 15 is 0 Å². The Morgan fingerprint density at radius 2 is 2.25 bits per heavy atom. The van der Waals surface area contributed by atoms with Crippen LogP contribution in [0.5, 0.6) is 0 Å². The molecule has 0 aromatic rings. The van der Waals surface area contributed by atoms with Crippen LogP contribution >= 0.6 is 0 Å². The molecule has 1 aliphatic heterocycles. The minimum absolute atomic E-state index is 0.0317. The van der Waals surface area contributed by atoms with Crippen molar-refractivity contribution in [3.63, 3.8) is 0 Å². The number of rotatable bonds is 5. The molecule has 1 rings (SSSR count). The van der Waals surface area contributed by atoms with Gasteiger partial charge in [0.2, 0.25) is 5.91 Å². The third-order valence-corrected chi connectivity index (χ3v) is 2.67. The number of aliphatic hydroxyl groups excluding tert-OH is 1. The van der Waals surface area contributed by atoms with Gasteiger partial charge >= 0.3 is 5.97 Å². The summed E-state index contributed by atoms with van der Waals surface area (Å²) in [6.45, 7) is 1.82. The van der Waals surface area contributed by atoms with E-state index in [2.05, 4.69) is 10.6 Å². The molecule has 1 heterocycles. The standard InChI is InChI=1S/C10H18N2O4/c13-8(10(15)16)3-5-12-9(14)7-2-1-4-11-6-7/h7-8,11,13H,1-6H2,(H,12,14)(H,15,16)/t7-,8?/m0/s1. The molecule has 4 N–H and O–H groups in total. The lowest BCUT2D eigenvalue weighted by molar-refractivity contribution is -0.147. The van der Waals surface area contributed by atoms with E-state index in [-0.39, 0.29) is 24.8 Å². The molecule has 6 heteroatoms. The van der Waals surface area contributed by atoms with Crippen LogP contribution in [0.1, 0.15) is 19.3 Å². The SMILES string of the molecule is O=C(O)C(O)CCNC(=O)[C@H]1CCCNC1. The molecule has 0 bridgehead atoms. The Balaban J connectivity index is 2.16. The minimum atomic E-state index is -1.40. The van der Waals surface area contributed by atoms with Gasteiger partial charge < -0.3 is 20.8 Å². The van der Waals surface area contributed by atoms with Crippen LogP contribution in [0.15, 0.2) is 0 Å². The van der Waals surface area contributed by atoms with Crippen LogP contribution in [-0.2, 0) is 9.59 Å².